The Kier molecular flexibility index (Phi) is 4.27. The standard InChI is InChI=1S/C16H16F2O/c1-2-11-6-8-12(9-7-11)10-15(19)16-13(17)4-3-5-14(16)18/h3-9,15,19H,2,10H2,1H3. The molecule has 1 nitrogen and oxygen atoms in total. The highest BCUT2D eigenvalue weighted by molar-refractivity contribution is 5.27. The third-order valence-corrected chi connectivity index (χ3v) is 3.19. The highest BCUT2D eigenvalue weighted by Gasteiger charge is 2.17. The van der Waals surface area contributed by atoms with Crippen LogP contribution < -0.4 is 0 Å². The molecule has 1 unspecified atom stereocenters. The first kappa shape index (κ1) is 13.7. The number of hydrogen-bond donors (Lipinski definition) is 1. The van der Waals surface area contributed by atoms with Crippen molar-refractivity contribution in [1.29, 1.82) is 0 Å². The SMILES string of the molecule is CCc1ccc(CC(O)c2c(F)cccc2F)cc1. The lowest BCUT2D eigenvalue weighted by atomic mass is 9.99. The molecule has 1 N–H and O–H groups in total. The third kappa shape index (κ3) is 3.18. The maximum atomic E-state index is 13.5. The van der Waals surface area contributed by atoms with Crippen molar-refractivity contribution >= 4 is 0 Å². The number of halogens is 2. The summed E-state index contributed by atoms with van der Waals surface area (Å²) in [4.78, 5) is 0. The van der Waals surface area contributed by atoms with Crippen molar-refractivity contribution in [1.82, 2.24) is 0 Å². The van der Waals surface area contributed by atoms with E-state index in [2.05, 4.69) is 6.92 Å². The summed E-state index contributed by atoms with van der Waals surface area (Å²) < 4.78 is 27.0. The molecule has 0 amide bonds. The summed E-state index contributed by atoms with van der Waals surface area (Å²) in [7, 11) is 0. The molecule has 0 saturated carbocycles. The highest BCUT2D eigenvalue weighted by atomic mass is 19.1. The van der Waals surface area contributed by atoms with E-state index in [1.165, 1.54) is 11.6 Å². The normalized spacial score (nSPS) is 12.4. The van der Waals surface area contributed by atoms with Gasteiger partial charge in [-0.15, -0.1) is 0 Å². The molecule has 1 atom stereocenters. The molecule has 0 aliphatic carbocycles. The van der Waals surface area contributed by atoms with Gasteiger partial charge in [-0.25, -0.2) is 8.78 Å². The van der Waals surface area contributed by atoms with E-state index in [4.69, 9.17) is 0 Å². The van der Waals surface area contributed by atoms with Gasteiger partial charge in [0.2, 0.25) is 0 Å². The third-order valence-electron chi connectivity index (χ3n) is 3.19. The average Bonchev–Trinajstić information content (AvgIpc) is 2.39. The molecule has 0 aliphatic rings. The fraction of sp³-hybridized carbons (Fsp3) is 0.250. The predicted octanol–water partition coefficient (Wildman–Crippen LogP) is 3.80. The van der Waals surface area contributed by atoms with Gasteiger partial charge in [-0.3, -0.25) is 0 Å². The Morgan fingerprint density at radius 1 is 0.947 bits per heavy atom. The molecule has 2 aromatic rings. The molecule has 0 radical (unpaired) electrons. The fourth-order valence-electron chi connectivity index (χ4n) is 2.07. The minimum absolute atomic E-state index is 0.196. The van der Waals surface area contributed by atoms with Crippen molar-refractivity contribution < 1.29 is 13.9 Å². The molecule has 100 valence electrons. The zero-order valence-corrected chi connectivity index (χ0v) is 10.7. The van der Waals surface area contributed by atoms with Crippen LogP contribution in [0.15, 0.2) is 42.5 Å². The summed E-state index contributed by atoms with van der Waals surface area (Å²) >= 11 is 0. The maximum absolute atomic E-state index is 13.5. The van der Waals surface area contributed by atoms with E-state index < -0.39 is 17.7 Å². The van der Waals surface area contributed by atoms with E-state index in [9.17, 15) is 13.9 Å². The van der Waals surface area contributed by atoms with E-state index in [-0.39, 0.29) is 12.0 Å². The minimum atomic E-state index is -1.17. The summed E-state index contributed by atoms with van der Waals surface area (Å²) in [6, 6.07) is 11.3. The van der Waals surface area contributed by atoms with Crippen LogP contribution >= 0.6 is 0 Å². The molecule has 3 heteroatoms. The maximum Gasteiger partial charge on any atom is 0.131 e. The van der Waals surface area contributed by atoms with Crippen molar-refractivity contribution in [3.8, 4) is 0 Å². The van der Waals surface area contributed by atoms with Gasteiger partial charge in [0.25, 0.3) is 0 Å². The molecule has 0 heterocycles. The van der Waals surface area contributed by atoms with E-state index in [1.54, 1.807) is 0 Å². The average molecular weight is 262 g/mol. The highest BCUT2D eigenvalue weighted by Crippen LogP contribution is 2.24. The Hall–Kier alpha value is -1.74. The molecular formula is C16H16F2O. The largest absolute Gasteiger partial charge is 0.388 e. The smallest absolute Gasteiger partial charge is 0.131 e. The van der Waals surface area contributed by atoms with Crippen molar-refractivity contribution in [2.75, 3.05) is 0 Å². The summed E-state index contributed by atoms with van der Waals surface area (Å²) in [5, 5.41) is 9.98. The van der Waals surface area contributed by atoms with E-state index in [0.29, 0.717) is 0 Å². The first-order chi connectivity index (χ1) is 9.11. The summed E-state index contributed by atoms with van der Waals surface area (Å²) in [5.74, 6) is -1.42. The second kappa shape index (κ2) is 5.93. The molecule has 2 aromatic carbocycles. The number of rotatable bonds is 4. The van der Waals surface area contributed by atoms with Gasteiger partial charge in [-0.1, -0.05) is 37.3 Å². The van der Waals surface area contributed by atoms with Crippen LogP contribution in [-0.4, -0.2) is 5.11 Å². The molecule has 0 spiro atoms. The van der Waals surface area contributed by atoms with Gasteiger partial charge in [-0.05, 0) is 29.7 Å². The predicted molar refractivity (Wildman–Crippen MR) is 70.8 cm³/mol. The van der Waals surface area contributed by atoms with Gasteiger partial charge in [-0.2, -0.15) is 0 Å². The Morgan fingerprint density at radius 3 is 2.00 bits per heavy atom. The zero-order valence-electron chi connectivity index (χ0n) is 10.7. The second-order valence-corrected chi connectivity index (χ2v) is 4.53. The second-order valence-electron chi connectivity index (χ2n) is 4.53. The van der Waals surface area contributed by atoms with Crippen LogP contribution in [-0.2, 0) is 12.8 Å². The molecular weight excluding hydrogens is 246 g/mol. The number of aliphatic hydroxyl groups is 1. The topological polar surface area (TPSA) is 20.2 Å². The molecule has 0 bridgehead atoms. The monoisotopic (exact) mass is 262 g/mol. The van der Waals surface area contributed by atoms with Gasteiger partial charge >= 0.3 is 0 Å². The van der Waals surface area contributed by atoms with Crippen LogP contribution in [0.2, 0.25) is 0 Å². The van der Waals surface area contributed by atoms with Crippen LogP contribution in [0.4, 0.5) is 8.78 Å². The lowest BCUT2D eigenvalue weighted by Crippen LogP contribution is -2.07. The number of benzene rings is 2. The molecule has 0 aliphatic heterocycles. The van der Waals surface area contributed by atoms with Gasteiger partial charge in [0, 0.05) is 6.42 Å². The first-order valence-electron chi connectivity index (χ1n) is 6.31. The van der Waals surface area contributed by atoms with Crippen molar-refractivity contribution in [3.63, 3.8) is 0 Å². The summed E-state index contributed by atoms with van der Waals surface area (Å²) in [6.45, 7) is 2.05. The Bertz CT molecular complexity index is 529. The minimum Gasteiger partial charge on any atom is -0.388 e. The van der Waals surface area contributed by atoms with Gasteiger partial charge < -0.3 is 5.11 Å². The number of aliphatic hydroxyl groups excluding tert-OH is 1. The zero-order chi connectivity index (χ0) is 13.8. The molecule has 0 fully saturated rings. The van der Waals surface area contributed by atoms with Crippen LogP contribution in [0.1, 0.15) is 29.7 Å². The lowest BCUT2D eigenvalue weighted by Gasteiger charge is -2.13. The molecule has 0 saturated heterocycles. The Labute approximate surface area is 111 Å². The van der Waals surface area contributed by atoms with E-state index in [1.807, 2.05) is 24.3 Å². The fourth-order valence-corrected chi connectivity index (χ4v) is 2.07. The van der Waals surface area contributed by atoms with Crippen molar-refractivity contribution in [2.45, 2.75) is 25.9 Å². The van der Waals surface area contributed by atoms with Crippen LogP contribution in [0.3, 0.4) is 0 Å². The van der Waals surface area contributed by atoms with Crippen LogP contribution in [0.5, 0.6) is 0 Å². The number of hydrogen-bond acceptors (Lipinski definition) is 1. The lowest BCUT2D eigenvalue weighted by molar-refractivity contribution is 0.168. The molecule has 19 heavy (non-hydrogen) atoms. The van der Waals surface area contributed by atoms with Gasteiger partial charge in [0.1, 0.15) is 11.6 Å². The van der Waals surface area contributed by atoms with Crippen molar-refractivity contribution in [3.05, 3.63) is 70.8 Å². The van der Waals surface area contributed by atoms with Crippen molar-refractivity contribution in [2.24, 2.45) is 0 Å². The van der Waals surface area contributed by atoms with E-state index >= 15 is 0 Å². The van der Waals surface area contributed by atoms with Gasteiger partial charge in [0.05, 0.1) is 11.7 Å². The van der Waals surface area contributed by atoms with Crippen LogP contribution in [0.25, 0.3) is 0 Å². The van der Waals surface area contributed by atoms with Gasteiger partial charge in [0.15, 0.2) is 0 Å². The number of aryl methyl sites for hydroxylation is 1. The van der Waals surface area contributed by atoms with E-state index in [0.717, 1.165) is 24.1 Å². The Balaban J connectivity index is 2.18. The summed E-state index contributed by atoms with van der Waals surface area (Å²) in [6.07, 6.45) is -0.0410. The molecule has 2 rings (SSSR count). The molecule has 0 aromatic heterocycles. The quantitative estimate of drug-likeness (QED) is 0.888. The Morgan fingerprint density at radius 2 is 1.47 bits per heavy atom. The van der Waals surface area contributed by atoms with Crippen LogP contribution in [0, 0.1) is 11.6 Å². The summed E-state index contributed by atoms with van der Waals surface area (Å²) in [5.41, 5.74) is 1.78. The first-order valence-corrected chi connectivity index (χ1v) is 6.31.